The normalized spacial score (nSPS) is 17.9. The van der Waals surface area contributed by atoms with Crippen LogP contribution in [0.2, 0.25) is 0 Å². The highest BCUT2D eigenvalue weighted by Gasteiger charge is 2.19. The zero-order valence-electron chi connectivity index (χ0n) is 11.4. The van der Waals surface area contributed by atoms with Crippen molar-refractivity contribution in [2.45, 2.75) is 51.7 Å². The lowest BCUT2D eigenvalue weighted by Gasteiger charge is -2.12. The lowest BCUT2D eigenvalue weighted by atomic mass is 10.3. The van der Waals surface area contributed by atoms with Crippen LogP contribution in [0.15, 0.2) is 0 Å². The van der Waals surface area contributed by atoms with Gasteiger partial charge in [-0.3, -0.25) is 0 Å². The average molecular weight is 278 g/mol. The number of nitrogens with one attached hydrogen (secondary N) is 2. The number of hydrogen-bond acceptors (Lipinski definition) is 4. The summed E-state index contributed by atoms with van der Waals surface area (Å²) in [5, 5.41) is 3.37. The molecule has 1 atom stereocenters. The van der Waals surface area contributed by atoms with E-state index in [-0.39, 0.29) is 11.9 Å². The lowest BCUT2D eigenvalue weighted by molar-refractivity contribution is 0.0799. The Hall–Kier alpha value is -0.170. The van der Waals surface area contributed by atoms with Crippen molar-refractivity contribution in [1.29, 1.82) is 0 Å². The van der Waals surface area contributed by atoms with Crippen molar-refractivity contribution in [1.82, 2.24) is 10.0 Å². The second kappa shape index (κ2) is 8.09. The van der Waals surface area contributed by atoms with Gasteiger partial charge >= 0.3 is 0 Å². The van der Waals surface area contributed by atoms with Gasteiger partial charge in [0, 0.05) is 19.2 Å². The van der Waals surface area contributed by atoms with E-state index in [1.54, 1.807) is 0 Å². The van der Waals surface area contributed by atoms with E-state index >= 15 is 0 Å². The molecular weight excluding hydrogens is 252 g/mol. The molecule has 2 N–H and O–H groups in total. The Kier molecular flexibility index (Phi) is 7.14. The van der Waals surface area contributed by atoms with Crippen molar-refractivity contribution >= 4 is 10.0 Å². The number of ether oxygens (including phenoxy) is 1. The van der Waals surface area contributed by atoms with Gasteiger partial charge in [0.25, 0.3) is 0 Å². The van der Waals surface area contributed by atoms with E-state index < -0.39 is 10.0 Å². The van der Waals surface area contributed by atoms with Crippen molar-refractivity contribution in [2.24, 2.45) is 0 Å². The summed E-state index contributed by atoms with van der Waals surface area (Å²) < 4.78 is 31.2. The maximum atomic E-state index is 11.7. The van der Waals surface area contributed by atoms with Gasteiger partial charge in [0.15, 0.2) is 0 Å². The zero-order chi connectivity index (χ0) is 13.4. The maximum absolute atomic E-state index is 11.7. The van der Waals surface area contributed by atoms with Crippen LogP contribution in [0.5, 0.6) is 0 Å². The quantitative estimate of drug-likeness (QED) is 0.550. The first-order valence-corrected chi connectivity index (χ1v) is 8.51. The molecule has 1 unspecified atom stereocenters. The fourth-order valence-electron chi connectivity index (χ4n) is 1.67. The van der Waals surface area contributed by atoms with Gasteiger partial charge in [-0.2, -0.15) is 0 Å². The first-order valence-electron chi connectivity index (χ1n) is 6.86. The van der Waals surface area contributed by atoms with Crippen molar-refractivity contribution in [3.05, 3.63) is 0 Å². The largest absolute Gasteiger partial charge is 0.377 e. The third-order valence-corrected chi connectivity index (χ3v) is 4.32. The van der Waals surface area contributed by atoms with Crippen LogP contribution in [0.1, 0.15) is 39.5 Å². The second-order valence-corrected chi connectivity index (χ2v) is 6.80. The van der Waals surface area contributed by atoms with Crippen LogP contribution in [-0.4, -0.2) is 46.0 Å². The highest BCUT2D eigenvalue weighted by Crippen LogP contribution is 2.18. The predicted molar refractivity (Wildman–Crippen MR) is 73.1 cm³/mol. The minimum Gasteiger partial charge on any atom is -0.377 e. The van der Waals surface area contributed by atoms with Crippen LogP contribution in [0, 0.1) is 0 Å². The molecule has 1 saturated carbocycles. The van der Waals surface area contributed by atoms with Crippen LogP contribution in [-0.2, 0) is 14.8 Å². The van der Waals surface area contributed by atoms with E-state index in [2.05, 4.69) is 10.0 Å². The van der Waals surface area contributed by atoms with E-state index in [4.69, 9.17) is 4.74 Å². The summed E-state index contributed by atoms with van der Waals surface area (Å²) in [5.74, 6) is 0.207. The highest BCUT2D eigenvalue weighted by molar-refractivity contribution is 7.89. The van der Waals surface area contributed by atoms with Crippen molar-refractivity contribution in [3.8, 4) is 0 Å². The van der Waals surface area contributed by atoms with Gasteiger partial charge in [-0.1, -0.05) is 0 Å². The molecule has 108 valence electrons. The molecule has 18 heavy (non-hydrogen) atoms. The average Bonchev–Trinajstić information content (AvgIpc) is 3.10. The molecule has 1 aliphatic carbocycles. The molecule has 1 aliphatic rings. The molecular formula is C12H26N2O3S. The highest BCUT2D eigenvalue weighted by atomic mass is 32.2. The van der Waals surface area contributed by atoms with Crippen LogP contribution in [0.25, 0.3) is 0 Å². The van der Waals surface area contributed by atoms with Crippen molar-refractivity contribution in [3.63, 3.8) is 0 Å². The Labute approximate surface area is 111 Å². The molecule has 0 aromatic carbocycles. The molecule has 0 aromatic rings. The first kappa shape index (κ1) is 15.9. The second-order valence-electron chi connectivity index (χ2n) is 4.87. The summed E-state index contributed by atoms with van der Waals surface area (Å²) in [6.45, 7) is 5.66. The number of sulfonamides is 1. The Morgan fingerprint density at radius 1 is 1.33 bits per heavy atom. The molecule has 1 fully saturated rings. The smallest absolute Gasteiger partial charge is 0.211 e. The standard InChI is InChI=1S/C12H26N2O3S/c1-3-17-11(2)10-14-18(15,16)9-5-4-8-13-12-6-7-12/h11-14H,3-10H2,1-2H3. The summed E-state index contributed by atoms with van der Waals surface area (Å²) in [5.41, 5.74) is 0. The van der Waals surface area contributed by atoms with Gasteiger partial charge in [-0.25, -0.2) is 13.1 Å². The first-order chi connectivity index (χ1) is 8.53. The van der Waals surface area contributed by atoms with E-state index in [9.17, 15) is 8.42 Å². The topological polar surface area (TPSA) is 67.4 Å². The number of rotatable bonds is 11. The van der Waals surface area contributed by atoms with Gasteiger partial charge in [-0.05, 0) is 46.1 Å². The van der Waals surface area contributed by atoms with Crippen molar-refractivity contribution in [2.75, 3.05) is 25.4 Å². The molecule has 0 aromatic heterocycles. The van der Waals surface area contributed by atoms with Gasteiger partial charge in [0.05, 0.1) is 11.9 Å². The molecule has 0 saturated heterocycles. The fourth-order valence-corrected chi connectivity index (χ4v) is 2.89. The van der Waals surface area contributed by atoms with Crippen LogP contribution >= 0.6 is 0 Å². The summed E-state index contributed by atoms with van der Waals surface area (Å²) in [7, 11) is -3.14. The minimum atomic E-state index is -3.14. The third-order valence-electron chi connectivity index (χ3n) is 2.89. The van der Waals surface area contributed by atoms with Gasteiger partial charge in [0.2, 0.25) is 10.0 Å². The SMILES string of the molecule is CCOC(C)CNS(=O)(=O)CCCCNC1CC1. The predicted octanol–water partition coefficient (Wildman–Crippen LogP) is 0.863. The van der Waals surface area contributed by atoms with Gasteiger partial charge < -0.3 is 10.1 Å². The molecule has 5 nitrogen and oxygen atoms in total. The molecule has 0 bridgehead atoms. The number of hydrogen-bond donors (Lipinski definition) is 2. The van der Waals surface area contributed by atoms with Gasteiger partial charge in [0.1, 0.15) is 0 Å². The zero-order valence-corrected chi connectivity index (χ0v) is 12.3. The minimum absolute atomic E-state index is 0.0682. The van der Waals surface area contributed by atoms with E-state index in [1.165, 1.54) is 12.8 Å². The van der Waals surface area contributed by atoms with E-state index in [0.717, 1.165) is 13.0 Å². The Balaban J connectivity index is 2.02. The summed E-state index contributed by atoms with van der Waals surface area (Å²) in [4.78, 5) is 0. The molecule has 0 aliphatic heterocycles. The maximum Gasteiger partial charge on any atom is 0.211 e. The Morgan fingerprint density at radius 3 is 2.67 bits per heavy atom. The summed E-state index contributed by atoms with van der Waals surface area (Å²) >= 11 is 0. The van der Waals surface area contributed by atoms with E-state index in [0.29, 0.717) is 25.6 Å². The molecule has 0 spiro atoms. The van der Waals surface area contributed by atoms with E-state index in [1.807, 2.05) is 13.8 Å². The summed E-state index contributed by atoms with van der Waals surface area (Å²) in [6.07, 6.45) is 4.10. The van der Waals surface area contributed by atoms with Crippen LogP contribution < -0.4 is 10.0 Å². The lowest BCUT2D eigenvalue weighted by Crippen LogP contribution is -2.34. The Morgan fingerprint density at radius 2 is 2.06 bits per heavy atom. The van der Waals surface area contributed by atoms with Crippen LogP contribution in [0.3, 0.4) is 0 Å². The fraction of sp³-hybridized carbons (Fsp3) is 1.00. The molecule has 6 heteroatoms. The monoisotopic (exact) mass is 278 g/mol. The molecule has 0 amide bonds. The van der Waals surface area contributed by atoms with Crippen molar-refractivity contribution < 1.29 is 13.2 Å². The Bertz CT molecular complexity index is 315. The molecule has 1 rings (SSSR count). The molecule has 0 heterocycles. The molecule has 0 radical (unpaired) electrons. The third kappa shape index (κ3) is 8.02. The van der Waals surface area contributed by atoms with Gasteiger partial charge in [-0.15, -0.1) is 0 Å². The number of unbranched alkanes of at least 4 members (excludes halogenated alkanes) is 1. The summed E-state index contributed by atoms with van der Waals surface area (Å²) in [6, 6.07) is 0.701. The van der Waals surface area contributed by atoms with Crippen LogP contribution in [0.4, 0.5) is 0 Å².